The molecule has 0 amide bonds. The fraction of sp³-hybridized carbons (Fsp3) is 0.235. The monoisotopic (exact) mass is 292 g/mol. The molecule has 5 heteroatoms. The summed E-state index contributed by atoms with van der Waals surface area (Å²) in [4.78, 5) is 6.75. The summed E-state index contributed by atoms with van der Waals surface area (Å²) in [6.07, 6.45) is 0. The Morgan fingerprint density at radius 2 is 1.95 bits per heavy atom. The average Bonchev–Trinajstić information content (AvgIpc) is 2.53. The molecule has 0 bridgehead atoms. The van der Waals surface area contributed by atoms with E-state index < -0.39 is 0 Å². The molecular formula is C17H16N4O. The highest BCUT2D eigenvalue weighted by molar-refractivity contribution is 5.92. The third kappa shape index (κ3) is 2.29. The van der Waals surface area contributed by atoms with Gasteiger partial charge in [0.1, 0.15) is 11.6 Å². The Morgan fingerprint density at radius 1 is 1.18 bits per heavy atom. The van der Waals surface area contributed by atoms with E-state index in [2.05, 4.69) is 29.8 Å². The lowest BCUT2D eigenvalue weighted by atomic mass is 10.1. The van der Waals surface area contributed by atoms with Crippen molar-refractivity contribution in [1.29, 1.82) is 10.7 Å². The minimum absolute atomic E-state index is 0.151. The largest absolute Gasteiger partial charge is 0.419 e. The van der Waals surface area contributed by atoms with Crippen LogP contribution in [0.25, 0.3) is 22.0 Å². The lowest BCUT2D eigenvalue weighted by Crippen LogP contribution is -2.21. The van der Waals surface area contributed by atoms with Gasteiger partial charge in [0, 0.05) is 29.5 Å². The number of hydrogen-bond donors (Lipinski definition) is 1. The van der Waals surface area contributed by atoms with Crippen molar-refractivity contribution in [2.75, 3.05) is 18.0 Å². The van der Waals surface area contributed by atoms with E-state index in [0.29, 0.717) is 5.71 Å². The molecule has 0 radical (unpaired) electrons. The number of pyridine rings is 1. The zero-order valence-electron chi connectivity index (χ0n) is 12.6. The van der Waals surface area contributed by atoms with Crippen LogP contribution in [-0.4, -0.2) is 18.1 Å². The smallest absolute Gasteiger partial charge is 0.231 e. The Kier molecular flexibility index (Phi) is 3.51. The molecule has 0 saturated carbocycles. The third-order valence-electron chi connectivity index (χ3n) is 3.79. The number of benzene rings is 1. The lowest BCUT2D eigenvalue weighted by molar-refractivity contribution is 0.521. The van der Waals surface area contributed by atoms with Gasteiger partial charge in [-0.3, -0.25) is 5.41 Å². The van der Waals surface area contributed by atoms with Crippen molar-refractivity contribution in [2.45, 2.75) is 13.8 Å². The molecule has 3 rings (SSSR count). The second-order valence-electron chi connectivity index (χ2n) is 5.03. The molecule has 3 aromatic rings. The molecule has 0 fully saturated rings. The predicted octanol–water partition coefficient (Wildman–Crippen LogP) is 3.18. The number of hydrogen-bond acceptors (Lipinski definition) is 5. The third-order valence-corrected chi connectivity index (χ3v) is 3.79. The molecular weight excluding hydrogens is 276 g/mol. The SMILES string of the molecule is CCN(CC)c1ccc2cc3cc(C#N)c(=N)oc3nc2c1. The van der Waals surface area contributed by atoms with Gasteiger partial charge < -0.3 is 9.32 Å². The molecule has 0 atom stereocenters. The summed E-state index contributed by atoms with van der Waals surface area (Å²) in [5, 5.41) is 18.4. The lowest BCUT2D eigenvalue weighted by Gasteiger charge is -2.21. The first-order valence-corrected chi connectivity index (χ1v) is 7.24. The van der Waals surface area contributed by atoms with Crippen LogP contribution in [0.2, 0.25) is 0 Å². The van der Waals surface area contributed by atoms with Crippen LogP contribution in [0, 0.1) is 16.7 Å². The molecule has 22 heavy (non-hydrogen) atoms. The summed E-state index contributed by atoms with van der Waals surface area (Å²) in [6, 6.07) is 11.7. The molecule has 2 aromatic heterocycles. The van der Waals surface area contributed by atoms with Gasteiger partial charge in [-0.15, -0.1) is 0 Å². The van der Waals surface area contributed by atoms with Crippen molar-refractivity contribution < 1.29 is 4.42 Å². The highest BCUT2D eigenvalue weighted by atomic mass is 16.3. The number of aromatic nitrogens is 1. The van der Waals surface area contributed by atoms with E-state index in [0.717, 1.165) is 35.1 Å². The first-order valence-electron chi connectivity index (χ1n) is 7.24. The van der Waals surface area contributed by atoms with E-state index in [1.807, 2.05) is 24.3 Å². The molecule has 0 aliphatic rings. The Bertz CT molecular complexity index is 948. The first-order chi connectivity index (χ1) is 10.7. The van der Waals surface area contributed by atoms with Crippen molar-refractivity contribution in [3.05, 3.63) is 41.4 Å². The number of fused-ring (bicyclic) bond motifs is 2. The summed E-state index contributed by atoms with van der Waals surface area (Å²) in [7, 11) is 0. The zero-order chi connectivity index (χ0) is 15.7. The normalized spacial score (nSPS) is 10.8. The topological polar surface area (TPSA) is 76.9 Å². The number of nitrogens with one attached hydrogen (secondary N) is 1. The molecule has 0 unspecified atom stereocenters. The summed E-state index contributed by atoms with van der Waals surface area (Å²) in [5.41, 5.74) is 2.39. The average molecular weight is 292 g/mol. The van der Waals surface area contributed by atoms with E-state index in [4.69, 9.17) is 15.1 Å². The van der Waals surface area contributed by atoms with Crippen LogP contribution in [0.4, 0.5) is 5.69 Å². The zero-order valence-corrected chi connectivity index (χ0v) is 12.6. The maximum absolute atomic E-state index is 8.99. The van der Waals surface area contributed by atoms with Crippen LogP contribution in [0.15, 0.2) is 34.7 Å². The molecule has 1 aromatic carbocycles. The van der Waals surface area contributed by atoms with Gasteiger partial charge in [-0.25, -0.2) is 4.98 Å². The summed E-state index contributed by atoms with van der Waals surface area (Å²) < 4.78 is 5.36. The minimum Gasteiger partial charge on any atom is -0.419 e. The van der Waals surface area contributed by atoms with E-state index >= 15 is 0 Å². The Labute approximate surface area is 127 Å². The molecule has 0 aliphatic carbocycles. The van der Waals surface area contributed by atoms with Crippen LogP contribution in [0.3, 0.4) is 0 Å². The molecule has 2 heterocycles. The molecule has 0 spiro atoms. The molecule has 1 N–H and O–H groups in total. The number of anilines is 1. The molecule has 0 aliphatic heterocycles. The van der Waals surface area contributed by atoms with Gasteiger partial charge >= 0.3 is 0 Å². The van der Waals surface area contributed by atoms with Crippen LogP contribution >= 0.6 is 0 Å². The second-order valence-corrected chi connectivity index (χ2v) is 5.03. The maximum atomic E-state index is 8.99. The van der Waals surface area contributed by atoms with Crippen LogP contribution in [0.5, 0.6) is 0 Å². The number of rotatable bonds is 3. The van der Waals surface area contributed by atoms with Crippen molar-refractivity contribution in [3.63, 3.8) is 0 Å². The number of nitrogens with zero attached hydrogens (tertiary/aromatic N) is 3. The number of nitriles is 1. The Morgan fingerprint density at radius 3 is 2.64 bits per heavy atom. The molecule has 0 saturated heterocycles. The van der Waals surface area contributed by atoms with Crippen LogP contribution in [-0.2, 0) is 0 Å². The van der Waals surface area contributed by atoms with E-state index in [1.165, 1.54) is 0 Å². The highest BCUT2D eigenvalue weighted by Crippen LogP contribution is 2.24. The second kappa shape index (κ2) is 5.49. The molecule has 5 nitrogen and oxygen atoms in total. The summed E-state index contributed by atoms with van der Waals surface area (Å²) >= 11 is 0. The van der Waals surface area contributed by atoms with E-state index in [-0.39, 0.29) is 11.1 Å². The Hall–Kier alpha value is -2.87. The van der Waals surface area contributed by atoms with Crippen molar-refractivity contribution in [1.82, 2.24) is 4.98 Å². The summed E-state index contributed by atoms with van der Waals surface area (Å²) in [6.45, 7) is 6.10. The fourth-order valence-corrected chi connectivity index (χ4v) is 2.58. The van der Waals surface area contributed by atoms with Gasteiger partial charge in [-0.05, 0) is 38.1 Å². The molecule has 110 valence electrons. The quantitative estimate of drug-likeness (QED) is 0.752. The van der Waals surface area contributed by atoms with Crippen molar-refractivity contribution in [2.24, 2.45) is 0 Å². The first kappa shape index (κ1) is 14.1. The van der Waals surface area contributed by atoms with Crippen LogP contribution < -0.4 is 10.5 Å². The van der Waals surface area contributed by atoms with Gasteiger partial charge in [-0.2, -0.15) is 5.26 Å². The van der Waals surface area contributed by atoms with E-state index in [1.54, 1.807) is 6.07 Å². The maximum Gasteiger partial charge on any atom is 0.231 e. The predicted molar refractivity (Wildman–Crippen MR) is 85.6 cm³/mol. The standard InChI is InChI=1S/C17H16N4O/c1-3-21(4-2)14-6-5-11-7-12-8-13(10-18)16(19)22-17(12)20-15(11)9-14/h5-9,19H,3-4H2,1-2H3. The van der Waals surface area contributed by atoms with E-state index in [9.17, 15) is 0 Å². The summed E-state index contributed by atoms with van der Waals surface area (Å²) in [5.74, 6) is 0. The van der Waals surface area contributed by atoms with Gasteiger partial charge in [-0.1, -0.05) is 6.07 Å². The van der Waals surface area contributed by atoms with Gasteiger partial charge in [0.05, 0.1) is 5.52 Å². The minimum atomic E-state index is -0.151. The van der Waals surface area contributed by atoms with Crippen molar-refractivity contribution >= 4 is 27.7 Å². The fourth-order valence-electron chi connectivity index (χ4n) is 2.58. The van der Waals surface area contributed by atoms with Gasteiger partial charge in [0.2, 0.25) is 11.3 Å². The highest BCUT2D eigenvalue weighted by Gasteiger charge is 2.08. The van der Waals surface area contributed by atoms with Gasteiger partial charge in [0.25, 0.3) is 0 Å². The Balaban J connectivity index is 2.24. The van der Waals surface area contributed by atoms with Crippen molar-refractivity contribution in [3.8, 4) is 6.07 Å². The van der Waals surface area contributed by atoms with Gasteiger partial charge in [0.15, 0.2) is 0 Å². The van der Waals surface area contributed by atoms with Crippen LogP contribution in [0.1, 0.15) is 19.4 Å².